The van der Waals surface area contributed by atoms with Crippen molar-refractivity contribution in [2.24, 2.45) is 10.7 Å². The largest absolute Gasteiger partial charge is 0.401 e. The van der Waals surface area contributed by atoms with Crippen molar-refractivity contribution in [1.29, 1.82) is 0 Å². The number of aliphatic imine (C=N–C) groups is 1. The van der Waals surface area contributed by atoms with Gasteiger partial charge in [0.05, 0.1) is 30.3 Å². The highest BCUT2D eigenvalue weighted by Crippen LogP contribution is 2.41. The molecule has 4 rings (SSSR count). The molecule has 0 radical (unpaired) electrons. The number of likely N-dealkylation sites (tertiary alicyclic amines) is 1. The third-order valence-corrected chi connectivity index (χ3v) is 6.72. The number of rotatable bonds is 9. The third-order valence-electron chi connectivity index (χ3n) is 6.72. The number of pyridine rings is 1. The zero-order chi connectivity index (χ0) is 27.4. The summed E-state index contributed by atoms with van der Waals surface area (Å²) >= 11 is 0. The Labute approximate surface area is 217 Å². The van der Waals surface area contributed by atoms with Crippen LogP contribution in [0.15, 0.2) is 58.7 Å². The summed E-state index contributed by atoms with van der Waals surface area (Å²) in [6.45, 7) is -0.380. The fraction of sp³-hybridized carbons (Fsp3) is 0.407. The number of hydrogen-bond acceptors (Lipinski definition) is 5. The molecule has 3 atom stereocenters. The minimum Gasteiger partial charge on any atom is -0.401 e. The van der Waals surface area contributed by atoms with Crippen LogP contribution in [-0.4, -0.2) is 60.1 Å². The molecule has 2 heterocycles. The topological polar surface area (TPSA) is 101 Å². The number of nitrogens with two attached hydrogens (primary N) is 1. The Morgan fingerprint density at radius 1 is 1.21 bits per heavy atom. The fourth-order valence-corrected chi connectivity index (χ4v) is 4.62. The second-order valence-electron chi connectivity index (χ2n) is 9.48. The lowest BCUT2D eigenvalue weighted by Gasteiger charge is -2.27. The smallest absolute Gasteiger partial charge is 0.266 e. The summed E-state index contributed by atoms with van der Waals surface area (Å²) in [6.07, 6.45) is -2.68. The maximum atomic E-state index is 14.8. The van der Waals surface area contributed by atoms with Crippen molar-refractivity contribution in [3.05, 3.63) is 76.5 Å². The maximum absolute atomic E-state index is 14.8. The summed E-state index contributed by atoms with van der Waals surface area (Å²) in [5.41, 5.74) is 6.13. The Morgan fingerprint density at radius 3 is 2.53 bits per heavy atom. The van der Waals surface area contributed by atoms with Gasteiger partial charge in [-0.05, 0) is 30.4 Å². The molecular formula is C27H29F4N5O2. The molecule has 2 aromatic rings. The summed E-state index contributed by atoms with van der Waals surface area (Å²) in [5, 5.41) is 2.79. The molecule has 0 bridgehead atoms. The van der Waals surface area contributed by atoms with Crippen LogP contribution >= 0.6 is 0 Å². The van der Waals surface area contributed by atoms with Crippen molar-refractivity contribution in [2.75, 3.05) is 13.6 Å². The van der Waals surface area contributed by atoms with Gasteiger partial charge in [-0.1, -0.05) is 36.4 Å². The van der Waals surface area contributed by atoms with Gasteiger partial charge in [0.2, 0.25) is 17.8 Å². The van der Waals surface area contributed by atoms with Gasteiger partial charge >= 0.3 is 0 Å². The first kappa shape index (κ1) is 27.3. The van der Waals surface area contributed by atoms with Crippen LogP contribution in [0.2, 0.25) is 0 Å². The monoisotopic (exact) mass is 531 g/mol. The first-order valence-electron chi connectivity index (χ1n) is 12.3. The second-order valence-corrected chi connectivity index (χ2v) is 9.48. The fourth-order valence-electron chi connectivity index (χ4n) is 4.62. The predicted molar refractivity (Wildman–Crippen MR) is 134 cm³/mol. The van der Waals surface area contributed by atoms with Gasteiger partial charge in [-0.2, -0.15) is 4.39 Å². The summed E-state index contributed by atoms with van der Waals surface area (Å²) in [7, 11) is 1.29. The summed E-state index contributed by atoms with van der Waals surface area (Å²) in [6, 6.07) is 10.0. The highest BCUT2D eigenvalue weighted by molar-refractivity contribution is 5.90. The van der Waals surface area contributed by atoms with Crippen LogP contribution in [0, 0.1) is 5.95 Å². The minimum atomic E-state index is -2.95. The van der Waals surface area contributed by atoms with Gasteiger partial charge in [0.1, 0.15) is 12.2 Å². The standard InChI is InChI=1S/C27H29F4N5O2/c1-33-13-19(25(29)30)20(32)12-23(37)36-14-17(28)11-22(36)27(38)35-24(16-5-3-2-4-6-16)21-10-9-18(15-7-8-15)26(31)34-21/h2-6,9-10,13,15,17,22,24-25H,7-8,11-12,14,32H2,1H3,(H,35,38)/b20-19+,33-13?/t17-,22+,24+/m1/s1. The Morgan fingerprint density at radius 2 is 1.92 bits per heavy atom. The highest BCUT2D eigenvalue weighted by atomic mass is 19.3. The van der Waals surface area contributed by atoms with Crippen LogP contribution in [0.4, 0.5) is 17.6 Å². The number of benzene rings is 1. The van der Waals surface area contributed by atoms with E-state index in [-0.39, 0.29) is 24.6 Å². The third kappa shape index (κ3) is 6.20. The zero-order valence-electron chi connectivity index (χ0n) is 20.8. The first-order chi connectivity index (χ1) is 18.2. The van der Waals surface area contributed by atoms with E-state index in [0.29, 0.717) is 11.1 Å². The molecule has 1 saturated heterocycles. The molecule has 1 aromatic heterocycles. The maximum Gasteiger partial charge on any atom is 0.266 e. The Hall–Kier alpha value is -3.76. The van der Waals surface area contributed by atoms with E-state index in [1.54, 1.807) is 42.5 Å². The number of alkyl halides is 3. The predicted octanol–water partition coefficient (Wildman–Crippen LogP) is 3.81. The molecule has 1 saturated carbocycles. The minimum absolute atomic E-state index is 0.150. The lowest BCUT2D eigenvalue weighted by Crippen LogP contribution is -2.47. The van der Waals surface area contributed by atoms with Crippen molar-refractivity contribution < 1.29 is 27.2 Å². The number of nitrogens with zero attached hydrogens (tertiary/aromatic N) is 3. The Kier molecular flexibility index (Phi) is 8.43. The summed E-state index contributed by atoms with van der Waals surface area (Å²) in [5.74, 6) is -1.89. The van der Waals surface area contributed by atoms with E-state index < -0.39 is 60.1 Å². The zero-order valence-corrected chi connectivity index (χ0v) is 20.8. The number of aromatic nitrogens is 1. The lowest BCUT2D eigenvalue weighted by molar-refractivity contribution is -0.138. The molecule has 2 amide bonds. The molecule has 7 nitrogen and oxygen atoms in total. The highest BCUT2D eigenvalue weighted by Gasteiger charge is 2.41. The van der Waals surface area contributed by atoms with E-state index in [0.717, 1.165) is 24.0 Å². The quantitative estimate of drug-likeness (QED) is 0.292. The number of carbonyl (C=O) groups excluding carboxylic acids is 2. The van der Waals surface area contributed by atoms with Crippen LogP contribution in [-0.2, 0) is 9.59 Å². The molecule has 0 unspecified atom stereocenters. The van der Waals surface area contributed by atoms with E-state index in [9.17, 15) is 27.2 Å². The average Bonchev–Trinajstić information content (AvgIpc) is 3.65. The van der Waals surface area contributed by atoms with E-state index >= 15 is 0 Å². The van der Waals surface area contributed by atoms with Crippen LogP contribution < -0.4 is 11.1 Å². The number of amides is 2. The van der Waals surface area contributed by atoms with Gasteiger partial charge in [-0.3, -0.25) is 14.6 Å². The van der Waals surface area contributed by atoms with E-state index in [4.69, 9.17) is 5.73 Å². The normalized spacial score (nSPS) is 21.1. The van der Waals surface area contributed by atoms with E-state index in [2.05, 4.69) is 15.3 Å². The Bertz CT molecular complexity index is 1230. The van der Waals surface area contributed by atoms with Crippen LogP contribution in [0.25, 0.3) is 0 Å². The van der Waals surface area contributed by atoms with Crippen LogP contribution in [0.5, 0.6) is 0 Å². The molecule has 202 valence electrons. The van der Waals surface area contributed by atoms with Crippen LogP contribution in [0.3, 0.4) is 0 Å². The van der Waals surface area contributed by atoms with Crippen molar-refractivity contribution in [3.63, 3.8) is 0 Å². The van der Waals surface area contributed by atoms with Gasteiger partial charge in [-0.25, -0.2) is 18.2 Å². The number of carbonyl (C=O) groups is 2. The van der Waals surface area contributed by atoms with Crippen molar-refractivity contribution in [2.45, 2.75) is 56.3 Å². The van der Waals surface area contributed by atoms with Crippen molar-refractivity contribution in [1.82, 2.24) is 15.2 Å². The van der Waals surface area contributed by atoms with E-state index in [1.807, 2.05) is 0 Å². The number of halogens is 4. The van der Waals surface area contributed by atoms with Crippen LogP contribution in [0.1, 0.15) is 54.5 Å². The molecule has 2 aliphatic rings. The van der Waals surface area contributed by atoms with E-state index in [1.165, 1.54) is 7.05 Å². The molecule has 1 aliphatic carbocycles. The molecular weight excluding hydrogens is 502 g/mol. The lowest BCUT2D eigenvalue weighted by atomic mass is 10.0. The van der Waals surface area contributed by atoms with Gasteiger partial charge in [-0.15, -0.1) is 0 Å². The first-order valence-corrected chi connectivity index (χ1v) is 12.3. The van der Waals surface area contributed by atoms with Gasteiger partial charge in [0.15, 0.2) is 0 Å². The van der Waals surface area contributed by atoms with Crippen molar-refractivity contribution >= 4 is 18.0 Å². The van der Waals surface area contributed by atoms with Gasteiger partial charge < -0.3 is 16.0 Å². The molecule has 0 spiro atoms. The second kappa shape index (κ2) is 11.7. The number of nitrogens with one attached hydrogen (secondary N) is 1. The summed E-state index contributed by atoms with van der Waals surface area (Å²) < 4.78 is 55.8. The SMILES string of the molecule is CN=C/C(=C(\N)CC(=O)N1C[C@H](F)C[C@H]1C(=O)N[C@@H](c1ccccc1)c1ccc(C2CC2)c(F)n1)C(F)F. The Balaban J connectivity index is 1.57. The molecule has 3 N–H and O–H groups in total. The number of allylic oxidation sites excluding steroid dienone is 1. The molecule has 38 heavy (non-hydrogen) atoms. The summed E-state index contributed by atoms with van der Waals surface area (Å²) in [4.78, 5) is 35.0. The molecule has 11 heteroatoms. The van der Waals surface area contributed by atoms with Crippen molar-refractivity contribution in [3.8, 4) is 0 Å². The number of hydrogen-bond donors (Lipinski definition) is 2. The molecule has 1 aromatic carbocycles. The van der Waals surface area contributed by atoms with Gasteiger partial charge in [0.25, 0.3) is 6.43 Å². The molecule has 1 aliphatic heterocycles. The average molecular weight is 532 g/mol. The molecule has 2 fully saturated rings. The van der Waals surface area contributed by atoms with Gasteiger partial charge in [0, 0.05) is 30.9 Å².